The highest BCUT2D eigenvalue weighted by Crippen LogP contribution is 2.27. The van der Waals surface area contributed by atoms with Gasteiger partial charge >= 0.3 is 0 Å². The lowest BCUT2D eigenvalue weighted by Crippen LogP contribution is -2.08. The van der Waals surface area contributed by atoms with E-state index in [1.54, 1.807) is 6.92 Å². The molecule has 1 aromatic rings. The minimum atomic E-state index is -0.683. The Morgan fingerprint density at radius 3 is 2.27 bits per heavy atom. The number of non-ortho nitro benzene ring substituents is 1. The van der Waals surface area contributed by atoms with Crippen molar-refractivity contribution in [2.45, 2.75) is 13.0 Å². The molecule has 0 amide bonds. The second kappa shape index (κ2) is 4.01. The van der Waals surface area contributed by atoms with Gasteiger partial charge in [0.1, 0.15) is 0 Å². The third kappa shape index (κ3) is 2.26. The first-order valence-electron chi connectivity index (χ1n) is 4.11. The fourth-order valence-corrected chi connectivity index (χ4v) is 1.19. The highest BCUT2D eigenvalue weighted by Gasteiger charge is 2.20. The van der Waals surface area contributed by atoms with Crippen molar-refractivity contribution in [3.05, 3.63) is 44.0 Å². The van der Waals surface area contributed by atoms with Crippen LogP contribution in [0, 0.1) is 20.2 Å². The zero-order valence-electron chi connectivity index (χ0n) is 7.91. The summed E-state index contributed by atoms with van der Waals surface area (Å²) in [5.41, 5.74) is 5.15. The molecule has 80 valence electrons. The van der Waals surface area contributed by atoms with Gasteiger partial charge in [0.2, 0.25) is 0 Å². The molecule has 0 fully saturated rings. The molecule has 0 radical (unpaired) electrons. The number of benzene rings is 1. The molecule has 0 unspecified atom stereocenters. The van der Waals surface area contributed by atoms with Crippen molar-refractivity contribution in [2.24, 2.45) is 5.73 Å². The molecule has 0 spiro atoms. The summed E-state index contributed by atoms with van der Waals surface area (Å²) in [6.45, 7) is 1.58. The third-order valence-corrected chi connectivity index (χ3v) is 1.91. The van der Waals surface area contributed by atoms with E-state index in [2.05, 4.69) is 0 Å². The number of nitro groups is 2. The fourth-order valence-electron chi connectivity index (χ4n) is 1.19. The summed E-state index contributed by atoms with van der Waals surface area (Å²) in [5.74, 6) is 0. The van der Waals surface area contributed by atoms with Crippen LogP contribution in [-0.4, -0.2) is 9.85 Å². The van der Waals surface area contributed by atoms with Crippen molar-refractivity contribution in [1.29, 1.82) is 0 Å². The van der Waals surface area contributed by atoms with E-state index in [1.807, 2.05) is 0 Å². The molecule has 7 nitrogen and oxygen atoms in total. The van der Waals surface area contributed by atoms with Crippen molar-refractivity contribution in [1.82, 2.24) is 0 Å². The van der Waals surface area contributed by atoms with Gasteiger partial charge in [0.15, 0.2) is 0 Å². The second-order valence-corrected chi connectivity index (χ2v) is 3.05. The maximum absolute atomic E-state index is 10.6. The number of nitro benzene ring substituents is 2. The molecule has 0 aliphatic rings. The van der Waals surface area contributed by atoms with Crippen LogP contribution in [0.3, 0.4) is 0 Å². The van der Waals surface area contributed by atoms with Gasteiger partial charge in [0.05, 0.1) is 15.9 Å². The standard InChI is InChI=1S/C8H9N3O4/c1-5(9)7-3-2-6(10(12)13)4-8(7)11(14)15/h2-5H,9H2,1H3/t5-/m1/s1. The van der Waals surface area contributed by atoms with Crippen LogP contribution in [0.1, 0.15) is 18.5 Å². The van der Waals surface area contributed by atoms with E-state index < -0.39 is 15.9 Å². The molecule has 0 aliphatic heterocycles. The lowest BCUT2D eigenvalue weighted by atomic mass is 10.1. The molecular formula is C8H9N3O4. The molecule has 0 aliphatic carbocycles. The average Bonchev–Trinajstić information content (AvgIpc) is 2.16. The number of nitrogens with two attached hydrogens (primary N) is 1. The summed E-state index contributed by atoms with van der Waals surface area (Å²) in [6, 6.07) is 2.89. The Morgan fingerprint density at radius 2 is 1.87 bits per heavy atom. The van der Waals surface area contributed by atoms with Gasteiger partial charge in [0, 0.05) is 17.7 Å². The summed E-state index contributed by atoms with van der Waals surface area (Å²) in [6.07, 6.45) is 0. The van der Waals surface area contributed by atoms with E-state index in [-0.39, 0.29) is 16.9 Å². The maximum Gasteiger partial charge on any atom is 0.281 e. The number of hydrogen-bond donors (Lipinski definition) is 1. The lowest BCUT2D eigenvalue weighted by Gasteiger charge is -2.05. The largest absolute Gasteiger partial charge is 0.324 e. The first-order valence-corrected chi connectivity index (χ1v) is 4.11. The Labute approximate surface area is 84.8 Å². The Hall–Kier alpha value is -2.02. The highest BCUT2D eigenvalue weighted by atomic mass is 16.6. The Morgan fingerprint density at radius 1 is 1.27 bits per heavy atom. The van der Waals surface area contributed by atoms with Crippen LogP contribution in [-0.2, 0) is 0 Å². The monoisotopic (exact) mass is 211 g/mol. The van der Waals surface area contributed by atoms with Crippen molar-refractivity contribution in [2.75, 3.05) is 0 Å². The Balaban J connectivity index is 3.33. The lowest BCUT2D eigenvalue weighted by molar-refractivity contribution is -0.394. The van der Waals surface area contributed by atoms with Crippen molar-refractivity contribution in [3.8, 4) is 0 Å². The molecule has 0 aromatic heterocycles. The average molecular weight is 211 g/mol. The van der Waals surface area contributed by atoms with Crippen LogP contribution in [0.4, 0.5) is 11.4 Å². The zero-order valence-corrected chi connectivity index (χ0v) is 7.91. The smallest absolute Gasteiger partial charge is 0.281 e. The molecule has 0 bridgehead atoms. The second-order valence-electron chi connectivity index (χ2n) is 3.05. The summed E-state index contributed by atoms with van der Waals surface area (Å²) in [5, 5.41) is 21.0. The Bertz CT molecular complexity index is 416. The van der Waals surface area contributed by atoms with E-state index in [0.29, 0.717) is 0 Å². The fraction of sp³-hybridized carbons (Fsp3) is 0.250. The maximum atomic E-state index is 10.6. The molecule has 15 heavy (non-hydrogen) atoms. The predicted molar refractivity (Wildman–Crippen MR) is 52.4 cm³/mol. The van der Waals surface area contributed by atoms with Crippen molar-refractivity contribution >= 4 is 11.4 Å². The van der Waals surface area contributed by atoms with Gasteiger partial charge in [-0.2, -0.15) is 0 Å². The van der Waals surface area contributed by atoms with Gasteiger partial charge < -0.3 is 5.73 Å². The number of hydrogen-bond acceptors (Lipinski definition) is 5. The molecule has 7 heteroatoms. The van der Waals surface area contributed by atoms with Crippen LogP contribution < -0.4 is 5.73 Å². The molecule has 0 saturated carbocycles. The normalized spacial score (nSPS) is 12.1. The highest BCUT2D eigenvalue weighted by molar-refractivity contribution is 5.50. The number of nitrogens with zero attached hydrogens (tertiary/aromatic N) is 2. The molecular weight excluding hydrogens is 202 g/mol. The number of rotatable bonds is 3. The van der Waals surface area contributed by atoms with Gasteiger partial charge in [-0.25, -0.2) is 0 Å². The first-order chi connectivity index (χ1) is 6.93. The topological polar surface area (TPSA) is 112 Å². The SMILES string of the molecule is C[C@@H](N)c1ccc([N+](=O)[O-])cc1[N+](=O)[O-]. The predicted octanol–water partition coefficient (Wildman–Crippen LogP) is 1.52. The molecule has 1 rings (SSSR count). The molecule has 0 saturated heterocycles. The summed E-state index contributed by atoms with van der Waals surface area (Å²) in [4.78, 5) is 19.7. The van der Waals surface area contributed by atoms with Crippen molar-refractivity contribution in [3.63, 3.8) is 0 Å². The summed E-state index contributed by atoms with van der Waals surface area (Å²) < 4.78 is 0. The summed E-state index contributed by atoms with van der Waals surface area (Å²) >= 11 is 0. The van der Waals surface area contributed by atoms with Crippen LogP contribution in [0.5, 0.6) is 0 Å². The molecule has 2 N–H and O–H groups in total. The first kappa shape index (κ1) is 11.1. The van der Waals surface area contributed by atoms with Crippen LogP contribution in [0.25, 0.3) is 0 Å². The van der Waals surface area contributed by atoms with E-state index in [9.17, 15) is 20.2 Å². The van der Waals surface area contributed by atoms with Gasteiger partial charge in [0.25, 0.3) is 11.4 Å². The van der Waals surface area contributed by atoms with Gasteiger partial charge in [-0.05, 0) is 13.0 Å². The van der Waals surface area contributed by atoms with E-state index in [4.69, 9.17) is 5.73 Å². The van der Waals surface area contributed by atoms with Crippen LogP contribution in [0.2, 0.25) is 0 Å². The quantitative estimate of drug-likeness (QED) is 0.601. The minimum absolute atomic E-state index is 0.283. The van der Waals surface area contributed by atoms with Gasteiger partial charge in [-0.15, -0.1) is 0 Å². The molecule has 0 heterocycles. The van der Waals surface area contributed by atoms with E-state index in [1.165, 1.54) is 12.1 Å². The van der Waals surface area contributed by atoms with E-state index >= 15 is 0 Å². The van der Waals surface area contributed by atoms with Gasteiger partial charge in [-0.1, -0.05) is 0 Å². The summed E-state index contributed by atoms with van der Waals surface area (Å²) in [7, 11) is 0. The Kier molecular flexibility index (Phi) is 2.96. The van der Waals surface area contributed by atoms with E-state index in [0.717, 1.165) is 6.07 Å². The minimum Gasteiger partial charge on any atom is -0.324 e. The van der Waals surface area contributed by atoms with Crippen LogP contribution >= 0.6 is 0 Å². The van der Waals surface area contributed by atoms with Crippen LogP contribution in [0.15, 0.2) is 18.2 Å². The van der Waals surface area contributed by atoms with Crippen molar-refractivity contribution < 1.29 is 9.85 Å². The zero-order chi connectivity index (χ0) is 11.6. The molecule has 1 aromatic carbocycles. The third-order valence-electron chi connectivity index (χ3n) is 1.91. The van der Waals surface area contributed by atoms with Gasteiger partial charge in [-0.3, -0.25) is 20.2 Å². The molecule has 1 atom stereocenters.